The van der Waals surface area contributed by atoms with E-state index in [4.69, 9.17) is 16.3 Å². The van der Waals surface area contributed by atoms with Crippen LogP contribution in [0.15, 0.2) is 30.6 Å². The number of nitrogens with zero attached hydrogens (tertiary/aromatic N) is 2. The molecule has 1 aromatic heterocycles. The van der Waals surface area contributed by atoms with Gasteiger partial charge in [0, 0.05) is 5.02 Å². The highest BCUT2D eigenvalue weighted by atomic mass is 35.5. The van der Waals surface area contributed by atoms with Crippen molar-refractivity contribution in [2.45, 2.75) is 20.3 Å². The Balaban J connectivity index is 2.06. The Morgan fingerprint density at radius 2 is 2.09 bits per heavy atom. The molecule has 0 unspecified atom stereocenters. The third kappa shape index (κ3) is 4.60. The Hall–Kier alpha value is -2.34. The van der Waals surface area contributed by atoms with Crippen LogP contribution in [-0.4, -0.2) is 22.6 Å². The second-order valence-corrected chi connectivity index (χ2v) is 5.05. The minimum absolute atomic E-state index is 0.362. The summed E-state index contributed by atoms with van der Waals surface area (Å²) in [5.41, 5.74) is 1.27. The molecule has 1 aromatic carbocycles. The number of amides is 2. The highest BCUT2D eigenvalue weighted by Crippen LogP contribution is 2.28. The lowest BCUT2D eigenvalue weighted by Crippen LogP contribution is -2.20. The standard InChI is InChI=1S/C15H17ClN4O2/c1-3-6-22-13-5-4-11(16)7-12(13)19-15(21)20-14-9-17-10(2)8-18-14/h4-5,7-9H,3,6H2,1-2H3,(H2,18,19,20,21). The molecule has 0 aliphatic heterocycles. The zero-order valence-corrected chi connectivity index (χ0v) is 13.1. The molecule has 0 fully saturated rings. The summed E-state index contributed by atoms with van der Waals surface area (Å²) in [5.74, 6) is 0.928. The number of anilines is 2. The molecule has 116 valence electrons. The molecule has 0 saturated carbocycles. The Bertz CT molecular complexity index is 646. The van der Waals surface area contributed by atoms with Gasteiger partial charge >= 0.3 is 6.03 Å². The van der Waals surface area contributed by atoms with Crippen LogP contribution < -0.4 is 15.4 Å². The van der Waals surface area contributed by atoms with Crippen molar-refractivity contribution in [3.63, 3.8) is 0 Å². The molecule has 1 heterocycles. The van der Waals surface area contributed by atoms with Crippen molar-refractivity contribution < 1.29 is 9.53 Å². The van der Waals surface area contributed by atoms with Crippen LogP contribution in [0.5, 0.6) is 5.75 Å². The SMILES string of the molecule is CCCOc1ccc(Cl)cc1NC(=O)Nc1cnc(C)cn1. The number of hydrogen-bond donors (Lipinski definition) is 2. The summed E-state index contributed by atoms with van der Waals surface area (Å²) in [6, 6.07) is 4.62. The number of carbonyl (C=O) groups is 1. The second kappa shape index (κ2) is 7.61. The number of carbonyl (C=O) groups excluding carboxylic acids is 1. The van der Waals surface area contributed by atoms with Crippen LogP contribution in [0.2, 0.25) is 5.02 Å². The van der Waals surface area contributed by atoms with Gasteiger partial charge < -0.3 is 10.1 Å². The monoisotopic (exact) mass is 320 g/mol. The van der Waals surface area contributed by atoms with E-state index in [2.05, 4.69) is 20.6 Å². The molecule has 0 spiro atoms. The molecular formula is C15H17ClN4O2. The highest BCUT2D eigenvalue weighted by Gasteiger charge is 2.09. The van der Waals surface area contributed by atoms with Gasteiger partial charge in [-0.25, -0.2) is 9.78 Å². The van der Waals surface area contributed by atoms with Crippen LogP contribution in [0, 0.1) is 6.92 Å². The Labute approximate surface area is 133 Å². The van der Waals surface area contributed by atoms with E-state index in [0.717, 1.165) is 12.1 Å². The summed E-state index contributed by atoms with van der Waals surface area (Å²) < 4.78 is 5.58. The van der Waals surface area contributed by atoms with E-state index in [1.807, 2.05) is 13.8 Å². The van der Waals surface area contributed by atoms with Crippen molar-refractivity contribution >= 4 is 29.1 Å². The first-order valence-corrected chi connectivity index (χ1v) is 7.25. The van der Waals surface area contributed by atoms with Crippen molar-refractivity contribution in [3.8, 4) is 5.75 Å². The van der Waals surface area contributed by atoms with Gasteiger partial charge in [-0.15, -0.1) is 0 Å². The van der Waals surface area contributed by atoms with Gasteiger partial charge in [0.1, 0.15) is 5.75 Å². The minimum atomic E-state index is -0.443. The number of rotatable bonds is 5. The van der Waals surface area contributed by atoms with Crippen molar-refractivity contribution in [3.05, 3.63) is 41.3 Å². The van der Waals surface area contributed by atoms with E-state index < -0.39 is 6.03 Å². The van der Waals surface area contributed by atoms with Gasteiger partial charge in [-0.2, -0.15) is 0 Å². The molecular weight excluding hydrogens is 304 g/mol. The third-order valence-corrected chi connectivity index (χ3v) is 2.91. The molecule has 6 nitrogen and oxygen atoms in total. The molecule has 2 aromatic rings. The number of benzene rings is 1. The number of halogens is 1. The maximum Gasteiger partial charge on any atom is 0.325 e. The fourth-order valence-electron chi connectivity index (χ4n) is 1.66. The first-order valence-electron chi connectivity index (χ1n) is 6.87. The minimum Gasteiger partial charge on any atom is -0.491 e. The number of hydrogen-bond acceptors (Lipinski definition) is 4. The Kier molecular flexibility index (Phi) is 5.55. The van der Waals surface area contributed by atoms with Crippen molar-refractivity contribution in [2.24, 2.45) is 0 Å². The zero-order chi connectivity index (χ0) is 15.9. The van der Waals surface area contributed by atoms with E-state index >= 15 is 0 Å². The van der Waals surface area contributed by atoms with E-state index in [1.54, 1.807) is 24.4 Å². The molecule has 2 N–H and O–H groups in total. The summed E-state index contributed by atoms with van der Waals surface area (Å²) in [4.78, 5) is 20.1. The van der Waals surface area contributed by atoms with Crippen molar-refractivity contribution in [1.82, 2.24) is 9.97 Å². The van der Waals surface area contributed by atoms with E-state index in [0.29, 0.717) is 28.9 Å². The van der Waals surface area contributed by atoms with E-state index in [1.165, 1.54) is 6.20 Å². The average Bonchev–Trinajstić information content (AvgIpc) is 2.49. The summed E-state index contributed by atoms with van der Waals surface area (Å²) in [5, 5.41) is 5.80. The lowest BCUT2D eigenvalue weighted by Gasteiger charge is -2.13. The quantitative estimate of drug-likeness (QED) is 0.876. The summed E-state index contributed by atoms with van der Waals surface area (Å²) in [7, 11) is 0. The summed E-state index contributed by atoms with van der Waals surface area (Å²) in [6.07, 6.45) is 3.93. The molecule has 7 heteroatoms. The first kappa shape index (κ1) is 16.0. The average molecular weight is 321 g/mol. The smallest absolute Gasteiger partial charge is 0.325 e. The largest absolute Gasteiger partial charge is 0.491 e. The number of urea groups is 1. The maximum atomic E-state index is 12.0. The van der Waals surface area contributed by atoms with Crippen LogP contribution in [0.4, 0.5) is 16.3 Å². The zero-order valence-electron chi connectivity index (χ0n) is 12.4. The topological polar surface area (TPSA) is 76.1 Å². The lowest BCUT2D eigenvalue weighted by molar-refractivity contribution is 0.261. The van der Waals surface area contributed by atoms with E-state index in [9.17, 15) is 4.79 Å². The van der Waals surface area contributed by atoms with Gasteiger partial charge in [0.2, 0.25) is 0 Å². The Morgan fingerprint density at radius 3 is 2.77 bits per heavy atom. The number of nitrogens with one attached hydrogen (secondary N) is 2. The normalized spacial score (nSPS) is 10.1. The van der Waals surface area contributed by atoms with Gasteiger partial charge in [0.05, 0.1) is 30.4 Å². The van der Waals surface area contributed by atoms with Crippen LogP contribution in [0.1, 0.15) is 19.0 Å². The van der Waals surface area contributed by atoms with Gasteiger partial charge in [-0.3, -0.25) is 10.3 Å². The fraction of sp³-hybridized carbons (Fsp3) is 0.267. The van der Waals surface area contributed by atoms with Crippen LogP contribution >= 0.6 is 11.6 Å². The number of aromatic nitrogens is 2. The predicted molar refractivity (Wildman–Crippen MR) is 86.6 cm³/mol. The fourth-order valence-corrected chi connectivity index (χ4v) is 1.84. The predicted octanol–water partition coefficient (Wildman–Crippen LogP) is 3.87. The van der Waals surface area contributed by atoms with Gasteiger partial charge in [0.25, 0.3) is 0 Å². The van der Waals surface area contributed by atoms with E-state index in [-0.39, 0.29) is 0 Å². The maximum absolute atomic E-state index is 12.0. The number of aryl methyl sites for hydroxylation is 1. The van der Waals surface area contributed by atoms with Gasteiger partial charge in [-0.1, -0.05) is 18.5 Å². The summed E-state index contributed by atoms with van der Waals surface area (Å²) >= 11 is 5.96. The molecule has 2 amide bonds. The van der Waals surface area contributed by atoms with Crippen molar-refractivity contribution in [1.29, 1.82) is 0 Å². The Morgan fingerprint density at radius 1 is 1.27 bits per heavy atom. The molecule has 0 saturated heterocycles. The van der Waals surface area contributed by atoms with Crippen molar-refractivity contribution in [2.75, 3.05) is 17.2 Å². The molecule has 0 radical (unpaired) electrons. The third-order valence-electron chi connectivity index (χ3n) is 2.67. The molecule has 0 atom stereocenters. The molecule has 0 aliphatic rings. The van der Waals surface area contributed by atoms with Crippen LogP contribution in [0.3, 0.4) is 0 Å². The van der Waals surface area contributed by atoms with Gasteiger partial charge in [-0.05, 0) is 31.5 Å². The molecule has 2 rings (SSSR count). The molecule has 0 bridgehead atoms. The second-order valence-electron chi connectivity index (χ2n) is 4.61. The number of ether oxygens (including phenoxy) is 1. The highest BCUT2D eigenvalue weighted by molar-refractivity contribution is 6.31. The molecule has 0 aliphatic carbocycles. The van der Waals surface area contributed by atoms with Crippen LogP contribution in [-0.2, 0) is 0 Å². The van der Waals surface area contributed by atoms with Gasteiger partial charge in [0.15, 0.2) is 5.82 Å². The molecule has 22 heavy (non-hydrogen) atoms. The lowest BCUT2D eigenvalue weighted by atomic mass is 10.3. The van der Waals surface area contributed by atoms with Crippen LogP contribution in [0.25, 0.3) is 0 Å². The summed E-state index contributed by atoms with van der Waals surface area (Å²) in [6.45, 7) is 4.38. The first-order chi connectivity index (χ1) is 10.6.